The van der Waals surface area contributed by atoms with Crippen molar-refractivity contribution in [2.75, 3.05) is 61.5 Å². The number of fused-ring (bicyclic) bond motifs is 1. The first-order valence-corrected chi connectivity index (χ1v) is 12.5. The maximum atomic E-state index is 12.6. The number of rotatable bonds is 9. The predicted octanol–water partition coefficient (Wildman–Crippen LogP) is 3.29. The number of ketones is 1. The third-order valence-electron chi connectivity index (χ3n) is 6.42. The van der Waals surface area contributed by atoms with Crippen molar-refractivity contribution in [1.29, 1.82) is 0 Å². The van der Waals surface area contributed by atoms with Gasteiger partial charge in [-0.1, -0.05) is 24.9 Å². The van der Waals surface area contributed by atoms with Crippen molar-refractivity contribution in [2.45, 2.75) is 39.2 Å². The highest BCUT2D eigenvalue weighted by molar-refractivity contribution is 6.32. The summed E-state index contributed by atoms with van der Waals surface area (Å²) in [7, 11) is 1.72. The Morgan fingerprint density at radius 2 is 2.03 bits per heavy atom. The summed E-state index contributed by atoms with van der Waals surface area (Å²) in [4.78, 5) is 39.3. The SMILES string of the molecule is CCCCN1CCN(c2ncc(Cl)c(Nc3ccc4c(c3)CC(OCC(C)=O)C(=O)N4C)n2)CC1. The van der Waals surface area contributed by atoms with E-state index in [0.29, 0.717) is 23.2 Å². The summed E-state index contributed by atoms with van der Waals surface area (Å²) in [5.74, 6) is 0.929. The van der Waals surface area contributed by atoms with Crippen molar-refractivity contribution >= 4 is 46.4 Å². The van der Waals surface area contributed by atoms with Gasteiger partial charge < -0.3 is 19.9 Å². The Labute approximate surface area is 211 Å². The lowest BCUT2D eigenvalue weighted by Gasteiger charge is -2.34. The number of amides is 1. The standard InChI is InChI=1S/C25H33ClN6O3/c1-4-5-8-31-9-11-32(12-10-31)25-27-15-20(26)23(29-25)28-19-6-7-21-18(13-19)14-22(24(34)30(21)3)35-16-17(2)33/h6-7,13,15,22H,4-5,8-12,14,16H2,1-3H3,(H,27,28,29). The van der Waals surface area contributed by atoms with Crippen LogP contribution in [0.1, 0.15) is 32.3 Å². The van der Waals surface area contributed by atoms with Crippen molar-refractivity contribution < 1.29 is 14.3 Å². The van der Waals surface area contributed by atoms with Crippen molar-refractivity contribution in [2.24, 2.45) is 0 Å². The number of carbonyl (C=O) groups excluding carboxylic acids is 2. The van der Waals surface area contributed by atoms with E-state index in [4.69, 9.17) is 21.3 Å². The molecule has 2 aromatic rings. The first-order chi connectivity index (χ1) is 16.9. The molecule has 1 aromatic carbocycles. The summed E-state index contributed by atoms with van der Waals surface area (Å²) in [5, 5.41) is 3.74. The van der Waals surface area contributed by atoms with Gasteiger partial charge in [0.05, 0.1) is 6.20 Å². The van der Waals surface area contributed by atoms with E-state index in [9.17, 15) is 9.59 Å². The number of hydrogen-bond acceptors (Lipinski definition) is 8. The van der Waals surface area contributed by atoms with Crippen LogP contribution in [0, 0.1) is 0 Å². The van der Waals surface area contributed by atoms with E-state index in [1.807, 2.05) is 18.2 Å². The molecule has 0 aliphatic carbocycles. The maximum absolute atomic E-state index is 12.6. The van der Waals surface area contributed by atoms with Crippen LogP contribution in [0.4, 0.5) is 23.1 Å². The molecule has 1 N–H and O–H groups in total. The number of ether oxygens (including phenoxy) is 1. The monoisotopic (exact) mass is 500 g/mol. The molecule has 1 atom stereocenters. The Kier molecular flexibility index (Phi) is 8.20. The van der Waals surface area contributed by atoms with E-state index in [2.05, 4.69) is 27.0 Å². The Hall–Kier alpha value is -2.75. The van der Waals surface area contributed by atoms with Crippen LogP contribution >= 0.6 is 11.6 Å². The number of likely N-dealkylation sites (N-methyl/N-ethyl adjacent to an activating group) is 1. The zero-order chi connectivity index (χ0) is 24.9. The highest BCUT2D eigenvalue weighted by atomic mass is 35.5. The molecular weight excluding hydrogens is 468 g/mol. The number of benzene rings is 1. The zero-order valence-electron chi connectivity index (χ0n) is 20.6. The van der Waals surface area contributed by atoms with Gasteiger partial charge in [0.25, 0.3) is 5.91 Å². The number of halogens is 1. The quantitative estimate of drug-likeness (QED) is 0.561. The fraction of sp³-hybridized carbons (Fsp3) is 0.520. The van der Waals surface area contributed by atoms with Gasteiger partial charge in [0.2, 0.25) is 5.95 Å². The third-order valence-corrected chi connectivity index (χ3v) is 6.69. The van der Waals surface area contributed by atoms with Gasteiger partial charge in [0.15, 0.2) is 11.6 Å². The predicted molar refractivity (Wildman–Crippen MR) is 138 cm³/mol. The first kappa shape index (κ1) is 25.3. The Bertz CT molecular complexity index is 1070. The Balaban J connectivity index is 1.47. The van der Waals surface area contributed by atoms with Crippen molar-refractivity contribution in [3.63, 3.8) is 0 Å². The minimum absolute atomic E-state index is 0.0797. The molecule has 3 heterocycles. The van der Waals surface area contributed by atoms with E-state index < -0.39 is 6.10 Å². The number of piperazine rings is 1. The zero-order valence-corrected chi connectivity index (χ0v) is 21.3. The van der Waals surface area contributed by atoms with E-state index >= 15 is 0 Å². The lowest BCUT2D eigenvalue weighted by molar-refractivity contribution is -0.134. The van der Waals surface area contributed by atoms with Crippen LogP contribution in [0.5, 0.6) is 0 Å². The van der Waals surface area contributed by atoms with E-state index in [-0.39, 0.29) is 18.3 Å². The second kappa shape index (κ2) is 11.3. The van der Waals surface area contributed by atoms with Gasteiger partial charge in [-0.05, 0) is 43.7 Å². The first-order valence-electron chi connectivity index (χ1n) is 12.1. The summed E-state index contributed by atoms with van der Waals surface area (Å²) in [6, 6.07) is 5.75. The molecule has 188 valence electrons. The van der Waals surface area contributed by atoms with Crippen molar-refractivity contribution in [3.8, 4) is 0 Å². The molecule has 9 nitrogen and oxygen atoms in total. The molecule has 1 fully saturated rings. The third kappa shape index (κ3) is 6.09. The van der Waals surface area contributed by atoms with Gasteiger partial charge in [0.1, 0.15) is 17.7 Å². The van der Waals surface area contributed by atoms with Crippen LogP contribution in [0.25, 0.3) is 0 Å². The minimum atomic E-state index is -0.683. The van der Waals surface area contributed by atoms with Gasteiger partial charge in [-0.3, -0.25) is 14.5 Å². The van der Waals surface area contributed by atoms with Gasteiger partial charge >= 0.3 is 0 Å². The number of unbranched alkanes of at least 4 members (excludes halogenated alkanes) is 1. The summed E-state index contributed by atoms with van der Waals surface area (Å²) in [5.41, 5.74) is 2.56. The molecule has 0 saturated carbocycles. The molecule has 0 radical (unpaired) electrons. The van der Waals surface area contributed by atoms with Crippen molar-refractivity contribution in [1.82, 2.24) is 14.9 Å². The maximum Gasteiger partial charge on any atom is 0.256 e. The summed E-state index contributed by atoms with van der Waals surface area (Å²) in [6.07, 6.45) is 3.77. The van der Waals surface area contributed by atoms with Crippen LogP contribution in [0.2, 0.25) is 5.02 Å². The number of aromatic nitrogens is 2. The van der Waals surface area contributed by atoms with Crippen LogP contribution in [0.15, 0.2) is 24.4 Å². The topological polar surface area (TPSA) is 90.9 Å². The smallest absolute Gasteiger partial charge is 0.256 e. The Morgan fingerprint density at radius 1 is 1.26 bits per heavy atom. The number of Topliss-reactive ketones (excluding diaryl/α,β-unsaturated/α-hetero) is 1. The average Bonchev–Trinajstić information content (AvgIpc) is 2.85. The normalized spacial score (nSPS) is 18.5. The fourth-order valence-electron chi connectivity index (χ4n) is 4.41. The molecule has 1 unspecified atom stereocenters. The van der Waals surface area contributed by atoms with Crippen LogP contribution < -0.4 is 15.1 Å². The number of anilines is 4. The minimum Gasteiger partial charge on any atom is -0.360 e. The van der Waals surface area contributed by atoms with Crippen LogP contribution in [-0.4, -0.2) is 79.0 Å². The summed E-state index contributed by atoms with van der Waals surface area (Å²) in [6.45, 7) is 8.48. The molecule has 0 spiro atoms. The molecule has 35 heavy (non-hydrogen) atoms. The van der Waals surface area contributed by atoms with E-state index in [0.717, 1.165) is 49.7 Å². The summed E-state index contributed by atoms with van der Waals surface area (Å²) < 4.78 is 5.56. The summed E-state index contributed by atoms with van der Waals surface area (Å²) >= 11 is 6.43. The van der Waals surface area contributed by atoms with Gasteiger partial charge in [-0.2, -0.15) is 4.98 Å². The Morgan fingerprint density at radius 3 is 2.74 bits per heavy atom. The molecule has 4 rings (SSSR count). The highest BCUT2D eigenvalue weighted by Gasteiger charge is 2.32. The molecular formula is C25H33ClN6O3. The molecule has 2 aliphatic heterocycles. The number of carbonyl (C=O) groups is 2. The van der Waals surface area contributed by atoms with Crippen molar-refractivity contribution in [3.05, 3.63) is 35.0 Å². The van der Waals surface area contributed by atoms with Crippen LogP contribution in [0.3, 0.4) is 0 Å². The average molecular weight is 501 g/mol. The van der Waals surface area contributed by atoms with Gasteiger partial charge in [-0.15, -0.1) is 0 Å². The van der Waals surface area contributed by atoms with E-state index in [1.54, 1.807) is 18.1 Å². The molecule has 0 bridgehead atoms. The largest absolute Gasteiger partial charge is 0.360 e. The molecule has 1 saturated heterocycles. The second-order valence-electron chi connectivity index (χ2n) is 9.12. The lowest BCUT2D eigenvalue weighted by atomic mass is 9.98. The molecule has 1 aromatic heterocycles. The lowest BCUT2D eigenvalue weighted by Crippen LogP contribution is -2.47. The van der Waals surface area contributed by atoms with Gasteiger partial charge in [-0.25, -0.2) is 4.98 Å². The fourth-order valence-corrected chi connectivity index (χ4v) is 4.55. The second-order valence-corrected chi connectivity index (χ2v) is 9.53. The molecule has 2 aliphatic rings. The van der Waals surface area contributed by atoms with E-state index in [1.165, 1.54) is 19.8 Å². The van der Waals surface area contributed by atoms with Gasteiger partial charge in [0, 0.05) is 51.0 Å². The number of nitrogens with one attached hydrogen (secondary N) is 1. The van der Waals surface area contributed by atoms with Crippen LogP contribution in [-0.2, 0) is 20.7 Å². The number of nitrogens with zero attached hydrogens (tertiary/aromatic N) is 5. The molecule has 1 amide bonds. The highest BCUT2D eigenvalue weighted by Crippen LogP contribution is 2.32. The molecule has 10 heteroatoms. The number of hydrogen-bond donors (Lipinski definition) is 1.